The van der Waals surface area contributed by atoms with Gasteiger partial charge in [0.25, 0.3) is 0 Å². The number of likely N-dealkylation sites (tertiary alicyclic amines) is 1. The molecular formula is C8H16N2S. The van der Waals surface area contributed by atoms with Crippen molar-refractivity contribution in [2.24, 2.45) is 5.14 Å². The van der Waals surface area contributed by atoms with Crippen LogP contribution in [0.1, 0.15) is 19.8 Å². The van der Waals surface area contributed by atoms with E-state index in [0.29, 0.717) is 6.04 Å². The van der Waals surface area contributed by atoms with Crippen molar-refractivity contribution in [3.8, 4) is 0 Å². The van der Waals surface area contributed by atoms with Crippen molar-refractivity contribution in [1.82, 2.24) is 4.90 Å². The van der Waals surface area contributed by atoms with E-state index < -0.39 is 0 Å². The highest BCUT2D eigenvalue weighted by atomic mass is 32.2. The van der Waals surface area contributed by atoms with E-state index in [1.54, 1.807) is 0 Å². The molecule has 0 aromatic rings. The fourth-order valence-electron chi connectivity index (χ4n) is 1.60. The molecule has 1 atom stereocenters. The number of nitrogens with zero attached hydrogens (tertiary/aromatic N) is 1. The minimum atomic E-state index is 0.649. The van der Waals surface area contributed by atoms with Gasteiger partial charge >= 0.3 is 0 Å². The number of likely N-dealkylation sites (N-methyl/N-ethyl adjacent to an activating group) is 1. The Morgan fingerprint density at radius 2 is 2.55 bits per heavy atom. The lowest BCUT2D eigenvalue weighted by molar-refractivity contribution is 0.306. The van der Waals surface area contributed by atoms with Crippen molar-refractivity contribution in [3.05, 3.63) is 11.5 Å². The van der Waals surface area contributed by atoms with Gasteiger partial charge in [-0.15, -0.1) is 0 Å². The summed E-state index contributed by atoms with van der Waals surface area (Å²) in [6.07, 6.45) is 4.84. The average molecular weight is 172 g/mol. The van der Waals surface area contributed by atoms with Crippen LogP contribution in [0.2, 0.25) is 0 Å². The van der Waals surface area contributed by atoms with Gasteiger partial charge in [-0.25, -0.2) is 0 Å². The van der Waals surface area contributed by atoms with Gasteiger partial charge < -0.3 is 0 Å². The molecule has 0 saturated carbocycles. The molecule has 64 valence electrons. The first-order chi connectivity index (χ1) is 5.38. The fraction of sp³-hybridized carbons (Fsp3) is 0.750. The SMILES string of the molecule is CCN1CCCC1/C=C/SN. The molecule has 1 unspecified atom stereocenters. The van der Waals surface area contributed by atoms with Crippen LogP contribution in [0.15, 0.2) is 11.5 Å². The van der Waals surface area contributed by atoms with Crippen LogP contribution >= 0.6 is 11.9 Å². The second-order valence-electron chi connectivity index (χ2n) is 2.80. The molecule has 0 aromatic carbocycles. The van der Waals surface area contributed by atoms with Crippen molar-refractivity contribution in [2.45, 2.75) is 25.8 Å². The number of rotatable bonds is 3. The Bertz CT molecular complexity index is 136. The summed E-state index contributed by atoms with van der Waals surface area (Å²) in [5, 5.41) is 7.29. The second kappa shape index (κ2) is 4.80. The van der Waals surface area contributed by atoms with Gasteiger partial charge in [0.1, 0.15) is 0 Å². The third-order valence-corrected chi connectivity index (χ3v) is 2.51. The zero-order valence-electron chi connectivity index (χ0n) is 6.99. The molecule has 3 heteroatoms. The first-order valence-corrected chi connectivity index (χ1v) is 5.09. The Morgan fingerprint density at radius 1 is 1.73 bits per heavy atom. The molecule has 0 aliphatic carbocycles. The molecule has 0 amide bonds. The lowest BCUT2D eigenvalue weighted by atomic mass is 10.2. The standard InChI is InChI=1S/C8H16N2S/c1-2-10-6-3-4-8(10)5-7-11-9/h5,7-8H,2-4,6,9H2,1H3/b7-5+. The van der Waals surface area contributed by atoms with Crippen LogP contribution < -0.4 is 5.14 Å². The molecule has 1 aliphatic rings. The molecule has 0 bridgehead atoms. The van der Waals surface area contributed by atoms with Crippen LogP contribution in [0.5, 0.6) is 0 Å². The highest BCUT2D eigenvalue weighted by Crippen LogP contribution is 2.17. The van der Waals surface area contributed by atoms with Gasteiger partial charge in [0.05, 0.1) is 0 Å². The summed E-state index contributed by atoms with van der Waals surface area (Å²) in [4.78, 5) is 2.48. The van der Waals surface area contributed by atoms with E-state index in [1.807, 2.05) is 5.41 Å². The topological polar surface area (TPSA) is 29.3 Å². The smallest absolute Gasteiger partial charge is 0.0286 e. The molecule has 0 aromatic heterocycles. The highest BCUT2D eigenvalue weighted by Gasteiger charge is 2.19. The molecule has 2 N–H and O–H groups in total. The first kappa shape index (κ1) is 9.10. The Morgan fingerprint density at radius 3 is 3.18 bits per heavy atom. The summed E-state index contributed by atoms with van der Waals surface area (Å²) >= 11 is 1.29. The van der Waals surface area contributed by atoms with Crippen LogP contribution in [0.4, 0.5) is 0 Å². The van der Waals surface area contributed by atoms with Gasteiger partial charge in [-0.05, 0) is 31.3 Å². The van der Waals surface area contributed by atoms with Crippen LogP contribution in [0, 0.1) is 0 Å². The molecular weight excluding hydrogens is 156 g/mol. The van der Waals surface area contributed by atoms with Gasteiger partial charge in [-0.3, -0.25) is 10.0 Å². The molecule has 0 spiro atoms. The molecule has 1 saturated heterocycles. The predicted octanol–water partition coefficient (Wildman–Crippen LogP) is 1.59. The molecule has 1 heterocycles. The van der Waals surface area contributed by atoms with E-state index in [2.05, 4.69) is 17.9 Å². The Balaban J connectivity index is 2.37. The van der Waals surface area contributed by atoms with E-state index in [4.69, 9.17) is 5.14 Å². The molecule has 2 nitrogen and oxygen atoms in total. The van der Waals surface area contributed by atoms with E-state index in [1.165, 1.54) is 31.3 Å². The van der Waals surface area contributed by atoms with Gasteiger partial charge in [-0.1, -0.05) is 24.9 Å². The van der Waals surface area contributed by atoms with Gasteiger partial charge in [-0.2, -0.15) is 0 Å². The number of hydrogen-bond acceptors (Lipinski definition) is 3. The van der Waals surface area contributed by atoms with Crippen molar-refractivity contribution < 1.29 is 0 Å². The zero-order chi connectivity index (χ0) is 8.10. The maximum absolute atomic E-state index is 5.30. The Labute approximate surface area is 73.0 Å². The fourth-order valence-corrected chi connectivity index (χ4v) is 1.87. The highest BCUT2D eigenvalue weighted by molar-refractivity contribution is 7.99. The van der Waals surface area contributed by atoms with Gasteiger partial charge in [0, 0.05) is 6.04 Å². The minimum absolute atomic E-state index is 0.649. The monoisotopic (exact) mass is 172 g/mol. The summed E-state index contributed by atoms with van der Waals surface area (Å²) < 4.78 is 0. The quantitative estimate of drug-likeness (QED) is 0.656. The predicted molar refractivity (Wildman–Crippen MR) is 51.2 cm³/mol. The largest absolute Gasteiger partial charge is 0.297 e. The molecule has 0 radical (unpaired) electrons. The number of hydrogen-bond donors (Lipinski definition) is 1. The van der Waals surface area contributed by atoms with Crippen LogP contribution in [-0.2, 0) is 0 Å². The summed E-state index contributed by atoms with van der Waals surface area (Å²) in [5.41, 5.74) is 0. The first-order valence-electron chi connectivity index (χ1n) is 4.14. The molecule has 11 heavy (non-hydrogen) atoms. The lowest BCUT2D eigenvalue weighted by Crippen LogP contribution is -2.27. The van der Waals surface area contributed by atoms with Crippen molar-refractivity contribution in [1.29, 1.82) is 0 Å². The summed E-state index contributed by atoms with van der Waals surface area (Å²) in [5.74, 6) is 0. The van der Waals surface area contributed by atoms with Crippen molar-refractivity contribution in [2.75, 3.05) is 13.1 Å². The Hall–Kier alpha value is 0.01000. The number of nitrogens with two attached hydrogens (primary N) is 1. The van der Waals surface area contributed by atoms with E-state index in [-0.39, 0.29) is 0 Å². The minimum Gasteiger partial charge on any atom is -0.297 e. The van der Waals surface area contributed by atoms with Crippen LogP contribution in [-0.4, -0.2) is 24.0 Å². The van der Waals surface area contributed by atoms with E-state index in [9.17, 15) is 0 Å². The second-order valence-corrected chi connectivity index (χ2v) is 3.35. The normalized spacial score (nSPS) is 26.9. The van der Waals surface area contributed by atoms with Gasteiger partial charge in [0.2, 0.25) is 0 Å². The average Bonchev–Trinajstić information content (AvgIpc) is 2.47. The maximum atomic E-state index is 5.30. The maximum Gasteiger partial charge on any atom is 0.0286 e. The van der Waals surface area contributed by atoms with Crippen molar-refractivity contribution in [3.63, 3.8) is 0 Å². The van der Waals surface area contributed by atoms with Crippen LogP contribution in [0.3, 0.4) is 0 Å². The third-order valence-electron chi connectivity index (χ3n) is 2.20. The molecule has 1 aliphatic heterocycles. The lowest BCUT2D eigenvalue weighted by Gasteiger charge is -2.18. The van der Waals surface area contributed by atoms with E-state index >= 15 is 0 Å². The molecule has 1 fully saturated rings. The van der Waals surface area contributed by atoms with E-state index in [0.717, 1.165) is 6.54 Å². The van der Waals surface area contributed by atoms with Crippen LogP contribution in [0.25, 0.3) is 0 Å². The Kier molecular flexibility index (Phi) is 3.97. The molecule has 1 rings (SSSR count). The summed E-state index contributed by atoms with van der Waals surface area (Å²) in [7, 11) is 0. The van der Waals surface area contributed by atoms with Crippen molar-refractivity contribution >= 4 is 11.9 Å². The summed E-state index contributed by atoms with van der Waals surface area (Å²) in [6, 6.07) is 0.649. The summed E-state index contributed by atoms with van der Waals surface area (Å²) in [6.45, 7) is 4.62. The third kappa shape index (κ3) is 2.51. The van der Waals surface area contributed by atoms with Gasteiger partial charge in [0.15, 0.2) is 0 Å². The zero-order valence-corrected chi connectivity index (χ0v) is 7.81.